The van der Waals surface area contributed by atoms with Crippen LogP contribution in [-0.4, -0.2) is 17.5 Å². The van der Waals surface area contributed by atoms with Crippen LogP contribution in [0.25, 0.3) is 0 Å². The molecular formula is C8H15IO2. The zero-order valence-electron chi connectivity index (χ0n) is 7.10. The van der Waals surface area contributed by atoms with Gasteiger partial charge in [0, 0.05) is 10.8 Å². The quantitative estimate of drug-likeness (QED) is 0.435. The maximum Gasteiger partial charge on any atom is 0.305 e. The number of hydrogen-bond donors (Lipinski definition) is 0. The van der Waals surface area contributed by atoms with Crippen LogP contribution < -0.4 is 0 Å². The van der Waals surface area contributed by atoms with Crippen molar-refractivity contribution in [1.82, 2.24) is 0 Å². The number of halogens is 1. The third kappa shape index (κ3) is 5.47. The summed E-state index contributed by atoms with van der Waals surface area (Å²) in [5, 5.41) is 0. The number of rotatable bonds is 5. The van der Waals surface area contributed by atoms with E-state index in [1.807, 2.05) is 0 Å². The van der Waals surface area contributed by atoms with Gasteiger partial charge >= 0.3 is 5.97 Å². The normalized spacial score (nSPS) is 12.6. The SMILES string of the molecule is CCC(CI)CCC(=O)OC. The fraction of sp³-hybridized carbons (Fsp3) is 0.875. The Bertz CT molecular complexity index is 111. The summed E-state index contributed by atoms with van der Waals surface area (Å²) in [4.78, 5) is 10.7. The molecule has 0 radical (unpaired) electrons. The van der Waals surface area contributed by atoms with Crippen molar-refractivity contribution in [3.63, 3.8) is 0 Å². The number of alkyl halides is 1. The van der Waals surface area contributed by atoms with E-state index in [2.05, 4.69) is 34.3 Å². The van der Waals surface area contributed by atoms with E-state index in [0.717, 1.165) is 17.3 Å². The van der Waals surface area contributed by atoms with Crippen molar-refractivity contribution in [2.45, 2.75) is 26.2 Å². The molecule has 0 aromatic carbocycles. The number of esters is 1. The van der Waals surface area contributed by atoms with Crippen molar-refractivity contribution in [1.29, 1.82) is 0 Å². The largest absolute Gasteiger partial charge is 0.469 e. The Hall–Kier alpha value is 0.200. The second-order valence-corrected chi connectivity index (χ2v) is 3.42. The van der Waals surface area contributed by atoms with E-state index in [9.17, 15) is 4.79 Å². The van der Waals surface area contributed by atoms with Gasteiger partial charge in [0.25, 0.3) is 0 Å². The van der Waals surface area contributed by atoms with Crippen molar-refractivity contribution in [2.24, 2.45) is 5.92 Å². The molecule has 1 atom stereocenters. The van der Waals surface area contributed by atoms with Crippen LogP contribution in [-0.2, 0) is 9.53 Å². The van der Waals surface area contributed by atoms with E-state index < -0.39 is 0 Å². The molecule has 0 aliphatic rings. The molecule has 0 amide bonds. The highest BCUT2D eigenvalue weighted by molar-refractivity contribution is 14.1. The molecule has 11 heavy (non-hydrogen) atoms. The monoisotopic (exact) mass is 270 g/mol. The third-order valence-corrected chi connectivity index (χ3v) is 3.03. The summed E-state index contributed by atoms with van der Waals surface area (Å²) >= 11 is 2.36. The van der Waals surface area contributed by atoms with Gasteiger partial charge in [-0.05, 0) is 12.3 Å². The topological polar surface area (TPSA) is 26.3 Å². The minimum absolute atomic E-state index is 0.0895. The number of carbonyl (C=O) groups excluding carboxylic acids is 1. The van der Waals surface area contributed by atoms with Gasteiger partial charge in [0.05, 0.1) is 7.11 Å². The Kier molecular flexibility index (Phi) is 7.01. The van der Waals surface area contributed by atoms with Crippen LogP contribution in [0.2, 0.25) is 0 Å². The molecule has 2 nitrogen and oxygen atoms in total. The van der Waals surface area contributed by atoms with Crippen molar-refractivity contribution in [3.8, 4) is 0 Å². The summed E-state index contributed by atoms with van der Waals surface area (Å²) in [5.74, 6) is 0.586. The van der Waals surface area contributed by atoms with Gasteiger partial charge in [0.15, 0.2) is 0 Å². The molecule has 0 N–H and O–H groups in total. The van der Waals surface area contributed by atoms with Crippen LogP contribution in [0.15, 0.2) is 0 Å². The third-order valence-electron chi connectivity index (χ3n) is 1.78. The molecule has 66 valence electrons. The number of ether oxygens (including phenoxy) is 1. The van der Waals surface area contributed by atoms with Crippen LogP contribution in [0.4, 0.5) is 0 Å². The Labute approximate surface area is 81.8 Å². The number of carbonyl (C=O) groups is 1. The highest BCUT2D eigenvalue weighted by Gasteiger charge is 2.07. The van der Waals surface area contributed by atoms with Crippen LogP contribution in [0.5, 0.6) is 0 Å². The van der Waals surface area contributed by atoms with E-state index in [4.69, 9.17) is 0 Å². The predicted molar refractivity (Wildman–Crippen MR) is 53.9 cm³/mol. The first-order chi connectivity index (χ1) is 5.24. The molecule has 0 heterocycles. The molecule has 1 unspecified atom stereocenters. The van der Waals surface area contributed by atoms with Gasteiger partial charge in [-0.15, -0.1) is 0 Å². The van der Waals surface area contributed by atoms with Gasteiger partial charge in [-0.25, -0.2) is 0 Å². The van der Waals surface area contributed by atoms with Crippen LogP contribution in [0.1, 0.15) is 26.2 Å². The Balaban J connectivity index is 3.42. The molecule has 0 aliphatic carbocycles. The van der Waals surface area contributed by atoms with Gasteiger partial charge in [-0.3, -0.25) is 4.79 Å². The molecule has 3 heteroatoms. The van der Waals surface area contributed by atoms with Crippen LogP contribution >= 0.6 is 22.6 Å². The lowest BCUT2D eigenvalue weighted by Crippen LogP contribution is -2.06. The fourth-order valence-electron chi connectivity index (χ4n) is 0.814. The Morgan fingerprint density at radius 2 is 2.27 bits per heavy atom. The van der Waals surface area contributed by atoms with Crippen molar-refractivity contribution >= 4 is 28.6 Å². The minimum atomic E-state index is -0.0895. The standard InChI is InChI=1S/C8H15IO2/c1-3-7(6-9)4-5-8(10)11-2/h7H,3-6H2,1-2H3. The Morgan fingerprint density at radius 3 is 2.64 bits per heavy atom. The first-order valence-corrected chi connectivity index (χ1v) is 5.39. The van der Waals surface area contributed by atoms with E-state index in [0.29, 0.717) is 12.3 Å². The summed E-state index contributed by atoms with van der Waals surface area (Å²) in [6.07, 6.45) is 2.68. The van der Waals surface area contributed by atoms with Crippen LogP contribution in [0.3, 0.4) is 0 Å². The average Bonchev–Trinajstić information content (AvgIpc) is 2.06. The van der Waals surface area contributed by atoms with Gasteiger partial charge in [0.2, 0.25) is 0 Å². The number of methoxy groups -OCH3 is 1. The number of hydrogen-bond acceptors (Lipinski definition) is 2. The maximum atomic E-state index is 10.7. The predicted octanol–water partition coefficient (Wildman–Crippen LogP) is 2.40. The van der Waals surface area contributed by atoms with Gasteiger partial charge in [0.1, 0.15) is 0 Å². The van der Waals surface area contributed by atoms with Crippen molar-refractivity contribution in [2.75, 3.05) is 11.5 Å². The molecule has 0 spiro atoms. The van der Waals surface area contributed by atoms with E-state index >= 15 is 0 Å². The highest BCUT2D eigenvalue weighted by atomic mass is 127. The summed E-state index contributed by atoms with van der Waals surface area (Å²) in [5.41, 5.74) is 0. The molecule has 0 aromatic heterocycles. The van der Waals surface area contributed by atoms with Gasteiger partial charge in [-0.1, -0.05) is 35.9 Å². The smallest absolute Gasteiger partial charge is 0.305 e. The lowest BCUT2D eigenvalue weighted by Gasteiger charge is -2.08. The van der Waals surface area contributed by atoms with E-state index in [-0.39, 0.29) is 5.97 Å². The second kappa shape index (κ2) is 6.88. The zero-order valence-corrected chi connectivity index (χ0v) is 9.26. The first-order valence-electron chi connectivity index (χ1n) is 3.87. The van der Waals surface area contributed by atoms with E-state index in [1.165, 1.54) is 7.11 Å². The zero-order chi connectivity index (χ0) is 8.69. The molecule has 0 saturated heterocycles. The summed E-state index contributed by atoms with van der Waals surface area (Å²) in [6.45, 7) is 2.15. The maximum absolute atomic E-state index is 10.7. The fourth-order valence-corrected chi connectivity index (χ4v) is 1.88. The summed E-state index contributed by atoms with van der Waals surface area (Å²) < 4.78 is 5.68. The second-order valence-electron chi connectivity index (χ2n) is 2.54. The molecule has 0 aliphatic heterocycles. The highest BCUT2D eigenvalue weighted by Crippen LogP contribution is 2.13. The van der Waals surface area contributed by atoms with Gasteiger partial charge in [-0.2, -0.15) is 0 Å². The first kappa shape index (κ1) is 11.2. The van der Waals surface area contributed by atoms with Gasteiger partial charge < -0.3 is 4.74 Å². The molecule has 0 fully saturated rings. The summed E-state index contributed by atoms with van der Waals surface area (Å²) in [7, 11) is 1.44. The molecule has 0 saturated carbocycles. The Morgan fingerprint density at radius 1 is 1.64 bits per heavy atom. The molecular weight excluding hydrogens is 255 g/mol. The molecule has 0 aromatic rings. The summed E-state index contributed by atoms with van der Waals surface area (Å²) in [6, 6.07) is 0. The molecule has 0 rings (SSSR count). The lowest BCUT2D eigenvalue weighted by atomic mass is 10.0. The molecule has 0 bridgehead atoms. The van der Waals surface area contributed by atoms with E-state index in [1.54, 1.807) is 0 Å². The lowest BCUT2D eigenvalue weighted by molar-refractivity contribution is -0.140. The average molecular weight is 270 g/mol. The van der Waals surface area contributed by atoms with Crippen molar-refractivity contribution in [3.05, 3.63) is 0 Å². The van der Waals surface area contributed by atoms with Crippen LogP contribution in [0, 0.1) is 5.92 Å². The van der Waals surface area contributed by atoms with Crippen molar-refractivity contribution < 1.29 is 9.53 Å². The minimum Gasteiger partial charge on any atom is -0.469 e.